The minimum Gasteiger partial charge on any atom is -0.351 e. The molecule has 5 nitrogen and oxygen atoms in total. The number of aromatic nitrogens is 4. The molecule has 0 atom stereocenters. The van der Waals surface area contributed by atoms with Gasteiger partial charge in [0, 0.05) is 28.5 Å². The van der Waals surface area contributed by atoms with Gasteiger partial charge in [-0.3, -0.25) is 0 Å². The summed E-state index contributed by atoms with van der Waals surface area (Å²) in [4.78, 5) is 9.30. The zero-order chi connectivity index (χ0) is 18.9. The molecular weight excluding hydrogens is 414 g/mol. The zero-order valence-corrected chi connectivity index (χ0v) is 16.9. The van der Waals surface area contributed by atoms with Crippen LogP contribution >= 0.6 is 15.9 Å². The Morgan fingerprint density at radius 1 is 1.04 bits per heavy atom. The van der Waals surface area contributed by atoms with Crippen LogP contribution in [0.2, 0.25) is 0 Å². The van der Waals surface area contributed by atoms with E-state index in [2.05, 4.69) is 44.4 Å². The molecule has 1 fully saturated rings. The van der Waals surface area contributed by atoms with Crippen LogP contribution in [-0.2, 0) is 0 Å². The third-order valence-corrected chi connectivity index (χ3v) is 5.73. The van der Waals surface area contributed by atoms with E-state index in [1.54, 1.807) is 0 Å². The van der Waals surface area contributed by atoms with Gasteiger partial charge in [0.2, 0.25) is 5.95 Å². The van der Waals surface area contributed by atoms with Crippen LogP contribution in [0.5, 0.6) is 0 Å². The number of nitrogens with one attached hydrogen (secondary N) is 1. The van der Waals surface area contributed by atoms with Gasteiger partial charge in [-0.25, -0.2) is 14.5 Å². The van der Waals surface area contributed by atoms with E-state index < -0.39 is 0 Å². The van der Waals surface area contributed by atoms with Crippen molar-refractivity contribution in [2.24, 2.45) is 0 Å². The fourth-order valence-corrected chi connectivity index (χ4v) is 4.31. The Labute approximate surface area is 172 Å². The summed E-state index contributed by atoms with van der Waals surface area (Å²) in [5, 5.41) is 8.35. The first-order valence-corrected chi connectivity index (χ1v) is 10.4. The van der Waals surface area contributed by atoms with Crippen molar-refractivity contribution < 1.29 is 0 Å². The molecule has 0 saturated heterocycles. The Bertz CT molecular complexity index is 1130. The van der Waals surface area contributed by atoms with Gasteiger partial charge >= 0.3 is 0 Å². The Kier molecular flexibility index (Phi) is 4.56. The van der Waals surface area contributed by atoms with Crippen molar-refractivity contribution in [3.05, 3.63) is 65.4 Å². The molecule has 1 aliphatic carbocycles. The van der Waals surface area contributed by atoms with E-state index >= 15 is 0 Å². The molecule has 1 N–H and O–H groups in total. The van der Waals surface area contributed by atoms with E-state index in [1.165, 1.54) is 25.7 Å². The molecule has 0 radical (unpaired) electrons. The quantitative estimate of drug-likeness (QED) is 0.456. The number of anilines is 1. The Hall–Kier alpha value is -2.73. The summed E-state index contributed by atoms with van der Waals surface area (Å²) in [6, 6.07) is 16.8. The van der Waals surface area contributed by atoms with Gasteiger partial charge in [-0.15, -0.1) is 0 Å². The van der Waals surface area contributed by atoms with Crippen LogP contribution in [0.1, 0.15) is 25.7 Å². The lowest BCUT2D eigenvalue weighted by Crippen LogP contribution is -2.16. The summed E-state index contributed by atoms with van der Waals surface area (Å²) in [6.07, 6.45) is 8.73. The number of hydrogen-bond donors (Lipinski definition) is 1. The van der Waals surface area contributed by atoms with E-state index in [-0.39, 0.29) is 0 Å². The molecule has 0 aliphatic heterocycles. The molecule has 4 aromatic rings. The van der Waals surface area contributed by atoms with Gasteiger partial charge in [-0.2, -0.15) is 5.10 Å². The van der Waals surface area contributed by atoms with Crippen molar-refractivity contribution in [3.63, 3.8) is 0 Å². The molecular formula is C22H20BrN5. The Balaban J connectivity index is 1.64. The fourth-order valence-electron chi connectivity index (χ4n) is 3.91. The molecule has 5 rings (SSSR count). The first kappa shape index (κ1) is 17.4. The molecule has 3 aromatic heterocycles. The fraction of sp³-hybridized carbons (Fsp3) is 0.227. The summed E-state index contributed by atoms with van der Waals surface area (Å²) in [7, 11) is 0. The van der Waals surface area contributed by atoms with Gasteiger partial charge in [-0.1, -0.05) is 47.0 Å². The topological polar surface area (TPSA) is 55.1 Å². The van der Waals surface area contributed by atoms with Gasteiger partial charge in [0.1, 0.15) is 5.69 Å². The van der Waals surface area contributed by atoms with Gasteiger partial charge < -0.3 is 5.32 Å². The van der Waals surface area contributed by atoms with Crippen LogP contribution in [0.4, 0.5) is 5.95 Å². The number of benzene rings is 1. The normalized spacial score (nSPS) is 14.6. The molecule has 0 amide bonds. The number of fused-ring (bicyclic) bond motifs is 1. The van der Waals surface area contributed by atoms with Crippen LogP contribution < -0.4 is 5.32 Å². The monoisotopic (exact) mass is 433 g/mol. The number of halogens is 1. The van der Waals surface area contributed by atoms with Crippen molar-refractivity contribution >= 4 is 27.4 Å². The molecule has 1 saturated carbocycles. The highest BCUT2D eigenvalue weighted by Gasteiger charge is 2.19. The van der Waals surface area contributed by atoms with Crippen molar-refractivity contribution in [2.45, 2.75) is 31.7 Å². The predicted molar refractivity (Wildman–Crippen MR) is 115 cm³/mol. The Morgan fingerprint density at radius 2 is 1.93 bits per heavy atom. The molecule has 0 spiro atoms. The summed E-state index contributed by atoms with van der Waals surface area (Å²) in [5.41, 5.74) is 4.90. The molecule has 28 heavy (non-hydrogen) atoms. The first-order valence-electron chi connectivity index (χ1n) is 9.61. The molecule has 0 unspecified atom stereocenters. The van der Waals surface area contributed by atoms with E-state index in [0.29, 0.717) is 12.0 Å². The summed E-state index contributed by atoms with van der Waals surface area (Å²) < 4.78 is 2.94. The molecule has 6 heteroatoms. The largest absolute Gasteiger partial charge is 0.351 e. The molecule has 0 bridgehead atoms. The van der Waals surface area contributed by atoms with Gasteiger partial charge in [-0.05, 0) is 43.2 Å². The van der Waals surface area contributed by atoms with Crippen LogP contribution in [-0.4, -0.2) is 25.6 Å². The maximum atomic E-state index is 4.85. The second kappa shape index (κ2) is 7.36. The maximum Gasteiger partial charge on any atom is 0.223 e. The third-order valence-electron chi connectivity index (χ3n) is 5.24. The maximum absolute atomic E-state index is 4.85. The van der Waals surface area contributed by atoms with Gasteiger partial charge in [0.25, 0.3) is 0 Å². The number of rotatable bonds is 4. The predicted octanol–water partition coefficient (Wildman–Crippen LogP) is 5.58. The summed E-state index contributed by atoms with van der Waals surface area (Å²) in [6.45, 7) is 0. The minimum atomic E-state index is 0.476. The van der Waals surface area contributed by atoms with Crippen LogP contribution in [0, 0.1) is 0 Å². The minimum absolute atomic E-state index is 0.476. The van der Waals surface area contributed by atoms with E-state index in [0.717, 1.165) is 32.5 Å². The lowest BCUT2D eigenvalue weighted by atomic mass is 10.0. The van der Waals surface area contributed by atoms with Crippen molar-refractivity contribution in [3.8, 4) is 22.5 Å². The number of nitrogens with zero attached hydrogens (tertiary/aromatic N) is 4. The second-order valence-electron chi connectivity index (χ2n) is 7.16. The van der Waals surface area contributed by atoms with Gasteiger partial charge in [0.05, 0.1) is 16.8 Å². The zero-order valence-electron chi connectivity index (χ0n) is 15.3. The number of pyridine rings is 1. The standard InChI is InChI=1S/C22H20BrN5/c23-16-7-5-6-15(14-16)21-20(19-10-3-4-13-28(19)27-21)18-11-12-24-22(26-18)25-17-8-1-2-9-17/h3-7,10-14,17H,1-2,8-9H2,(H,24,25,26). The first-order chi connectivity index (χ1) is 13.8. The average Bonchev–Trinajstić information content (AvgIpc) is 3.35. The average molecular weight is 434 g/mol. The van der Waals surface area contributed by atoms with Crippen LogP contribution in [0.15, 0.2) is 65.4 Å². The van der Waals surface area contributed by atoms with Crippen molar-refractivity contribution in [1.29, 1.82) is 0 Å². The smallest absolute Gasteiger partial charge is 0.223 e. The molecule has 140 valence electrons. The van der Waals surface area contributed by atoms with E-state index in [1.807, 2.05) is 47.2 Å². The van der Waals surface area contributed by atoms with Gasteiger partial charge in [0.15, 0.2) is 0 Å². The molecule has 1 aliphatic rings. The van der Waals surface area contributed by atoms with Crippen LogP contribution in [0.25, 0.3) is 28.0 Å². The second-order valence-corrected chi connectivity index (χ2v) is 8.07. The van der Waals surface area contributed by atoms with Crippen molar-refractivity contribution in [2.75, 3.05) is 5.32 Å². The van der Waals surface area contributed by atoms with Crippen molar-refractivity contribution in [1.82, 2.24) is 19.6 Å². The lowest BCUT2D eigenvalue weighted by molar-refractivity contribution is 0.744. The van der Waals surface area contributed by atoms with E-state index in [4.69, 9.17) is 10.1 Å². The number of hydrogen-bond acceptors (Lipinski definition) is 4. The lowest BCUT2D eigenvalue weighted by Gasteiger charge is -2.12. The highest BCUT2D eigenvalue weighted by Crippen LogP contribution is 2.35. The molecule has 1 aromatic carbocycles. The highest BCUT2D eigenvalue weighted by atomic mass is 79.9. The highest BCUT2D eigenvalue weighted by molar-refractivity contribution is 9.10. The SMILES string of the molecule is Brc1cccc(-c2nn3ccccc3c2-c2ccnc(NC3CCCC3)n2)c1. The molecule has 3 heterocycles. The summed E-state index contributed by atoms with van der Waals surface area (Å²) >= 11 is 3.57. The third kappa shape index (κ3) is 3.29. The Morgan fingerprint density at radius 3 is 2.79 bits per heavy atom. The van der Waals surface area contributed by atoms with E-state index in [9.17, 15) is 0 Å². The summed E-state index contributed by atoms with van der Waals surface area (Å²) in [5.74, 6) is 0.694. The van der Waals surface area contributed by atoms with Crippen LogP contribution in [0.3, 0.4) is 0 Å².